The normalized spacial score (nSPS) is 13.0. The van der Waals surface area contributed by atoms with Crippen molar-refractivity contribution in [3.05, 3.63) is 42.5 Å². The van der Waals surface area contributed by atoms with Crippen molar-refractivity contribution in [1.29, 1.82) is 0 Å². The molecular formula is C12H14N4O4S. The SMILES string of the molecule is C[C@@H](NS(=O)(=O)c1cnn(CC(=O)O)c1)c1ccccn1. The molecule has 21 heavy (non-hydrogen) atoms. The summed E-state index contributed by atoms with van der Waals surface area (Å²) in [6.07, 6.45) is 3.85. The molecule has 0 unspecified atom stereocenters. The number of aliphatic carboxylic acids is 1. The van der Waals surface area contributed by atoms with Crippen molar-refractivity contribution in [3.8, 4) is 0 Å². The largest absolute Gasteiger partial charge is 0.480 e. The van der Waals surface area contributed by atoms with Gasteiger partial charge < -0.3 is 5.11 Å². The molecule has 1 atom stereocenters. The Morgan fingerprint density at radius 2 is 2.24 bits per heavy atom. The van der Waals surface area contributed by atoms with Crippen LogP contribution in [0.3, 0.4) is 0 Å². The summed E-state index contributed by atoms with van der Waals surface area (Å²) in [7, 11) is -3.79. The fourth-order valence-corrected chi connectivity index (χ4v) is 2.87. The second-order valence-corrected chi connectivity index (χ2v) is 6.08. The van der Waals surface area contributed by atoms with Crippen molar-refractivity contribution in [1.82, 2.24) is 19.5 Å². The third-order valence-electron chi connectivity index (χ3n) is 2.68. The Hall–Kier alpha value is -2.26. The minimum atomic E-state index is -3.79. The van der Waals surface area contributed by atoms with E-state index in [1.165, 1.54) is 6.20 Å². The molecule has 8 nitrogen and oxygen atoms in total. The average molecular weight is 310 g/mol. The van der Waals surface area contributed by atoms with Gasteiger partial charge in [-0.05, 0) is 19.1 Å². The first-order valence-electron chi connectivity index (χ1n) is 6.06. The molecule has 0 fully saturated rings. The molecule has 0 radical (unpaired) electrons. The number of aromatic nitrogens is 3. The van der Waals surface area contributed by atoms with Crippen LogP contribution in [0.25, 0.3) is 0 Å². The lowest BCUT2D eigenvalue weighted by atomic mass is 10.2. The molecule has 0 spiro atoms. The molecule has 2 heterocycles. The number of carbonyl (C=O) groups is 1. The van der Waals surface area contributed by atoms with Gasteiger partial charge in [0.25, 0.3) is 0 Å². The van der Waals surface area contributed by atoms with Crippen LogP contribution in [-0.4, -0.2) is 34.3 Å². The molecule has 0 aliphatic carbocycles. The quantitative estimate of drug-likeness (QED) is 0.798. The van der Waals surface area contributed by atoms with E-state index in [-0.39, 0.29) is 4.90 Å². The maximum absolute atomic E-state index is 12.2. The highest BCUT2D eigenvalue weighted by atomic mass is 32.2. The number of nitrogens with one attached hydrogen (secondary N) is 1. The smallest absolute Gasteiger partial charge is 0.325 e. The van der Waals surface area contributed by atoms with E-state index in [2.05, 4.69) is 14.8 Å². The van der Waals surface area contributed by atoms with Gasteiger partial charge in [-0.1, -0.05) is 6.07 Å². The predicted molar refractivity (Wildman–Crippen MR) is 72.8 cm³/mol. The molecule has 0 aliphatic heterocycles. The first-order chi connectivity index (χ1) is 9.88. The fraction of sp³-hybridized carbons (Fsp3) is 0.250. The van der Waals surface area contributed by atoms with E-state index >= 15 is 0 Å². The summed E-state index contributed by atoms with van der Waals surface area (Å²) >= 11 is 0. The lowest BCUT2D eigenvalue weighted by molar-refractivity contribution is -0.137. The van der Waals surface area contributed by atoms with Crippen molar-refractivity contribution < 1.29 is 18.3 Å². The van der Waals surface area contributed by atoms with Gasteiger partial charge in [-0.15, -0.1) is 0 Å². The third-order valence-corrected chi connectivity index (χ3v) is 4.18. The maximum atomic E-state index is 12.2. The van der Waals surface area contributed by atoms with Gasteiger partial charge in [0, 0.05) is 12.4 Å². The minimum absolute atomic E-state index is 0.0912. The standard InChI is InChI=1S/C12H14N4O4S/c1-9(11-4-2-3-5-13-11)15-21(19,20)10-6-14-16(7-10)8-12(17)18/h2-7,9,15H,8H2,1H3,(H,17,18)/t9-/m1/s1. The molecule has 2 rings (SSSR count). The van der Waals surface area contributed by atoms with E-state index in [4.69, 9.17) is 5.11 Å². The van der Waals surface area contributed by atoms with Crippen molar-refractivity contribution >= 4 is 16.0 Å². The van der Waals surface area contributed by atoms with Crippen LogP contribution in [0, 0.1) is 0 Å². The summed E-state index contributed by atoms with van der Waals surface area (Å²) in [5.41, 5.74) is 0.582. The number of nitrogens with zero attached hydrogens (tertiary/aromatic N) is 3. The van der Waals surface area contributed by atoms with Gasteiger partial charge in [0.2, 0.25) is 10.0 Å². The Labute approximate surface area is 121 Å². The highest BCUT2D eigenvalue weighted by Crippen LogP contribution is 2.14. The van der Waals surface area contributed by atoms with Crippen molar-refractivity contribution in [2.45, 2.75) is 24.4 Å². The zero-order valence-electron chi connectivity index (χ0n) is 11.2. The molecule has 9 heteroatoms. The van der Waals surface area contributed by atoms with Gasteiger partial charge in [-0.25, -0.2) is 13.1 Å². The Bertz CT molecular complexity index is 727. The molecule has 0 amide bonds. The van der Waals surface area contributed by atoms with E-state index in [1.54, 1.807) is 31.3 Å². The van der Waals surface area contributed by atoms with Crippen LogP contribution >= 0.6 is 0 Å². The molecule has 0 aliphatic rings. The molecule has 112 valence electrons. The van der Waals surface area contributed by atoms with Crippen LogP contribution in [0.15, 0.2) is 41.7 Å². The Balaban J connectivity index is 2.15. The maximum Gasteiger partial charge on any atom is 0.325 e. The summed E-state index contributed by atoms with van der Waals surface area (Å²) in [6.45, 7) is 1.27. The molecule has 2 aromatic rings. The predicted octanol–water partition coefficient (Wildman–Crippen LogP) is 0.402. The third kappa shape index (κ3) is 3.86. The Morgan fingerprint density at radius 1 is 1.48 bits per heavy atom. The van der Waals surface area contributed by atoms with Crippen molar-refractivity contribution in [3.63, 3.8) is 0 Å². The average Bonchev–Trinajstić information content (AvgIpc) is 2.88. The molecule has 0 aromatic carbocycles. The zero-order chi connectivity index (χ0) is 15.5. The Kier molecular flexibility index (Phi) is 4.34. The lowest BCUT2D eigenvalue weighted by Gasteiger charge is -2.12. The molecule has 2 aromatic heterocycles. The summed E-state index contributed by atoms with van der Waals surface area (Å²) in [4.78, 5) is 14.5. The first-order valence-corrected chi connectivity index (χ1v) is 7.54. The number of sulfonamides is 1. The van der Waals surface area contributed by atoms with Crippen LogP contribution < -0.4 is 4.72 Å². The topological polar surface area (TPSA) is 114 Å². The minimum Gasteiger partial charge on any atom is -0.480 e. The summed E-state index contributed by atoms with van der Waals surface area (Å²) < 4.78 is 27.9. The van der Waals surface area contributed by atoms with Crippen LogP contribution in [0.1, 0.15) is 18.7 Å². The number of hydrogen-bond acceptors (Lipinski definition) is 5. The second kappa shape index (κ2) is 6.02. The molecular weight excluding hydrogens is 296 g/mol. The second-order valence-electron chi connectivity index (χ2n) is 4.36. The van der Waals surface area contributed by atoms with Crippen LogP contribution in [0.2, 0.25) is 0 Å². The highest BCUT2D eigenvalue weighted by Gasteiger charge is 2.21. The lowest BCUT2D eigenvalue weighted by Crippen LogP contribution is -2.27. The van der Waals surface area contributed by atoms with E-state index in [0.29, 0.717) is 5.69 Å². The van der Waals surface area contributed by atoms with Gasteiger partial charge in [0.15, 0.2) is 0 Å². The van der Waals surface area contributed by atoms with E-state index in [0.717, 1.165) is 10.9 Å². The number of carboxylic acid groups (broad SMARTS) is 1. The number of rotatable bonds is 6. The summed E-state index contributed by atoms with van der Waals surface area (Å²) in [5.74, 6) is -1.10. The first kappa shape index (κ1) is 15.1. The zero-order valence-corrected chi connectivity index (χ0v) is 12.0. The monoisotopic (exact) mass is 310 g/mol. The fourth-order valence-electron chi connectivity index (χ4n) is 1.70. The van der Waals surface area contributed by atoms with Crippen LogP contribution in [-0.2, 0) is 21.4 Å². The van der Waals surface area contributed by atoms with E-state index < -0.39 is 28.6 Å². The van der Waals surface area contributed by atoms with Gasteiger partial charge in [0.05, 0.1) is 17.9 Å². The summed E-state index contributed by atoms with van der Waals surface area (Å²) in [6, 6.07) is 4.69. The van der Waals surface area contributed by atoms with E-state index in [9.17, 15) is 13.2 Å². The highest BCUT2D eigenvalue weighted by molar-refractivity contribution is 7.89. The van der Waals surface area contributed by atoms with Gasteiger partial charge >= 0.3 is 5.97 Å². The van der Waals surface area contributed by atoms with Gasteiger partial charge in [-0.3, -0.25) is 14.5 Å². The van der Waals surface area contributed by atoms with E-state index in [1.807, 2.05) is 0 Å². The molecule has 0 bridgehead atoms. The van der Waals surface area contributed by atoms with Crippen LogP contribution in [0.4, 0.5) is 0 Å². The van der Waals surface area contributed by atoms with Gasteiger partial charge in [-0.2, -0.15) is 5.10 Å². The van der Waals surface area contributed by atoms with Crippen LogP contribution in [0.5, 0.6) is 0 Å². The number of hydrogen-bond donors (Lipinski definition) is 2. The molecule has 0 saturated heterocycles. The van der Waals surface area contributed by atoms with Gasteiger partial charge in [0.1, 0.15) is 11.4 Å². The number of carboxylic acids is 1. The number of pyridine rings is 1. The summed E-state index contributed by atoms with van der Waals surface area (Å²) in [5, 5.41) is 12.3. The van der Waals surface area contributed by atoms with Crippen molar-refractivity contribution in [2.75, 3.05) is 0 Å². The molecule has 2 N–H and O–H groups in total. The Morgan fingerprint density at radius 3 is 2.86 bits per heavy atom. The molecule has 0 saturated carbocycles. The van der Waals surface area contributed by atoms with Crippen molar-refractivity contribution in [2.24, 2.45) is 0 Å².